The van der Waals surface area contributed by atoms with Crippen molar-refractivity contribution in [2.75, 3.05) is 19.8 Å². The van der Waals surface area contributed by atoms with Crippen LogP contribution in [0.2, 0.25) is 5.02 Å². The second-order valence-electron chi connectivity index (χ2n) is 5.70. The SMILES string of the molecule is CCOC(=O)NN=C(c1ccc(Cl)cc1)c1ccc(OP(=S)(OCC)OCC)cc1. The minimum absolute atomic E-state index is 0.245. The third-order valence-electron chi connectivity index (χ3n) is 3.57. The number of hydrogen-bond donors (Lipinski definition) is 1. The molecule has 162 valence electrons. The maximum atomic E-state index is 11.7. The van der Waals surface area contributed by atoms with Crippen LogP contribution in [0, 0.1) is 0 Å². The molecule has 0 spiro atoms. The van der Waals surface area contributed by atoms with Crippen LogP contribution in [0.15, 0.2) is 53.6 Å². The lowest BCUT2D eigenvalue weighted by Crippen LogP contribution is -2.21. The second-order valence-corrected chi connectivity index (χ2v) is 9.07. The van der Waals surface area contributed by atoms with Crippen LogP contribution in [0.3, 0.4) is 0 Å². The van der Waals surface area contributed by atoms with Gasteiger partial charge in [-0.1, -0.05) is 23.7 Å². The molecule has 2 rings (SSSR count). The molecular formula is C20H24ClN2O5PS. The molecule has 0 saturated heterocycles. The van der Waals surface area contributed by atoms with Gasteiger partial charge in [0.05, 0.1) is 25.5 Å². The molecule has 2 aromatic rings. The highest BCUT2D eigenvalue weighted by Gasteiger charge is 2.21. The molecule has 2 aromatic carbocycles. The first kappa shape index (κ1) is 24.3. The van der Waals surface area contributed by atoms with E-state index in [2.05, 4.69) is 10.5 Å². The molecule has 0 fully saturated rings. The number of ether oxygens (including phenoxy) is 1. The van der Waals surface area contributed by atoms with Crippen LogP contribution in [-0.2, 0) is 25.6 Å². The zero-order chi connectivity index (χ0) is 22.0. The minimum Gasteiger partial charge on any atom is -0.449 e. The molecule has 0 aliphatic rings. The van der Waals surface area contributed by atoms with Gasteiger partial charge < -0.3 is 9.26 Å². The minimum atomic E-state index is -2.86. The van der Waals surface area contributed by atoms with Crippen LogP contribution >= 0.6 is 18.3 Å². The van der Waals surface area contributed by atoms with E-state index in [0.717, 1.165) is 11.1 Å². The topological polar surface area (TPSA) is 78.4 Å². The molecule has 0 heterocycles. The Balaban J connectivity index is 2.30. The van der Waals surface area contributed by atoms with Crippen LogP contribution < -0.4 is 9.95 Å². The molecule has 0 radical (unpaired) electrons. The fourth-order valence-corrected chi connectivity index (χ4v) is 4.59. The zero-order valence-electron chi connectivity index (χ0n) is 17.0. The van der Waals surface area contributed by atoms with Crippen molar-refractivity contribution in [2.45, 2.75) is 20.8 Å². The predicted octanol–water partition coefficient (Wildman–Crippen LogP) is 5.51. The Morgan fingerprint density at radius 2 is 1.50 bits per heavy atom. The summed E-state index contributed by atoms with van der Waals surface area (Å²) in [5, 5.41) is 4.82. The highest BCUT2D eigenvalue weighted by atomic mass is 35.5. The van der Waals surface area contributed by atoms with Gasteiger partial charge in [-0.05, 0) is 57.2 Å². The average Bonchev–Trinajstić information content (AvgIpc) is 2.71. The molecule has 0 aliphatic heterocycles. The van der Waals surface area contributed by atoms with Crippen LogP contribution in [-0.4, -0.2) is 31.6 Å². The van der Waals surface area contributed by atoms with Gasteiger partial charge in [0.15, 0.2) is 0 Å². The Labute approximate surface area is 186 Å². The smallest absolute Gasteiger partial charge is 0.427 e. The molecule has 10 heteroatoms. The van der Waals surface area contributed by atoms with Crippen molar-refractivity contribution in [1.82, 2.24) is 5.43 Å². The number of rotatable bonds is 10. The van der Waals surface area contributed by atoms with Gasteiger partial charge in [-0.3, -0.25) is 9.05 Å². The largest absolute Gasteiger partial charge is 0.449 e. The Morgan fingerprint density at radius 1 is 0.967 bits per heavy atom. The van der Waals surface area contributed by atoms with Gasteiger partial charge >= 0.3 is 12.8 Å². The number of carbonyl (C=O) groups is 1. The molecule has 0 saturated carbocycles. The average molecular weight is 471 g/mol. The Hall–Kier alpha value is -1.96. The summed E-state index contributed by atoms with van der Waals surface area (Å²) < 4.78 is 21.7. The van der Waals surface area contributed by atoms with Crippen molar-refractivity contribution in [3.05, 3.63) is 64.7 Å². The third kappa shape index (κ3) is 7.38. The lowest BCUT2D eigenvalue weighted by molar-refractivity contribution is 0.152. The molecule has 0 aliphatic carbocycles. The van der Waals surface area contributed by atoms with Crippen LogP contribution in [0.5, 0.6) is 5.75 Å². The van der Waals surface area contributed by atoms with Gasteiger partial charge in [0.2, 0.25) is 0 Å². The summed E-state index contributed by atoms with van der Waals surface area (Å²) >= 11 is 11.4. The van der Waals surface area contributed by atoms with Crippen molar-refractivity contribution < 1.29 is 23.1 Å². The van der Waals surface area contributed by atoms with Crippen molar-refractivity contribution in [2.24, 2.45) is 5.10 Å². The number of hydrazone groups is 1. The van der Waals surface area contributed by atoms with Crippen molar-refractivity contribution in [3.8, 4) is 5.75 Å². The predicted molar refractivity (Wildman–Crippen MR) is 122 cm³/mol. The number of carbonyl (C=O) groups excluding carboxylic acids is 1. The van der Waals surface area contributed by atoms with Crippen LogP contribution in [0.25, 0.3) is 0 Å². The summed E-state index contributed by atoms with van der Waals surface area (Å²) in [7, 11) is 0. The van der Waals surface area contributed by atoms with E-state index in [1.54, 1.807) is 43.3 Å². The summed E-state index contributed by atoms with van der Waals surface area (Å²) in [6.45, 7) is 3.54. The monoisotopic (exact) mass is 470 g/mol. The molecule has 1 amide bonds. The van der Waals surface area contributed by atoms with E-state index in [9.17, 15) is 4.79 Å². The summed E-state index contributed by atoms with van der Waals surface area (Å²) in [6.07, 6.45) is -0.641. The third-order valence-corrected chi connectivity index (χ3v) is 6.26. The summed E-state index contributed by atoms with van der Waals surface area (Å²) in [5.41, 5.74) is 4.42. The number of nitrogens with one attached hydrogen (secondary N) is 1. The summed E-state index contributed by atoms with van der Waals surface area (Å²) in [4.78, 5) is 11.7. The fraction of sp³-hybridized carbons (Fsp3) is 0.300. The lowest BCUT2D eigenvalue weighted by atomic mass is 10.0. The van der Waals surface area contributed by atoms with E-state index in [1.807, 2.05) is 26.0 Å². The summed E-state index contributed by atoms with van der Waals surface area (Å²) in [6, 6.07) is 14.2. The Bertz CT molecular complexity index is 896. The highest BCUT2D eigenvalue weighted by Crippen LogP contribution is 2.49. The number of benzene rings is 2. The van der Waals surface area contributed by atoms with Gasteiger partial charge in [0, 0.05) is 28.0 Å². The van der Waals surface area contributed by atoms with Gasteiger partial charge in [-0.25, -0.2) is 10.2 Å². The number of hydrogen-bond acceptors (Lipinski definition) is 7. The van der Waals surface area contributed by atoms with Gasteiger partial charge in [0.1, 0.15) is 5.75 Å². The number of halogens is 1. The molecule has 0 bridgehead atoms. The lowest BCUT2D eigenvalue weighted by Gasteiger charge is -2.21. The Kier molecular flexibility index (Phi) is 9.75. The zero-order valence-corrected chi connectivity index (χ0v) is 19.4. The molecule has 1 N–H and O–H groups in total. The van der Waals surface area contributed by atoms with E-state index >= 15 is 0 Å². The van der Waals surface area contributed by atoms with Gasteiger partial charge in [-0.2, -0.15) is 5.10 Å². The van der Waals surface area contributed by atoms with E-state index < -0.39 is 12.8 Å². The van der Waals surface area contributed by atoms with E-state index in [-0.39, 0.29) is 6.61 Å². The van der Waals surface area contributed by atoms with Crippen molar-refractivity contribution >= 4 is 41.9 Å². The quantitative estimate of drug-likeness (QED) is 0.280. The second kappa shape index (κ2) is 12.0. The van der Waals surface area contributed by atoms with E-state index in [1.165, 1.54) is 0 Å². The standard InChI is InChI=1S/C20H24ClN2O5PS/c1-4-25-20(24)23-22-19(15-7-11-17(21)12-8-15)16-9-13-18(14-10-16)28-29(30,26-5-2)27-6-3/h7-14H,4-6H2,1-3H3,(H,23,24). The van der Waals surface area contributed by atoms with E-state index in [4.69, 9.17) is 41.7 Å². The Morgan fingerprint density at radius 3 is 2.00 bits per heavy atom. The number of amides is 1. The van der Waals surface area contributed by atoms with Crippen LogP contribution in [0.4, 0.5) is 4.79 Å². The maximum Gasteiger partial charge on any atom is 0.427 e. The normalized spacial score (nSPS) is 11.8. The molecule has 0 atom stereocenters. The van der Waals surface area contributed by atoms with Crippen LogP contribution in [0.1, 0.15) is 31.9 Å². The fourth-order valence-electron chi connectivity index (χ4n) is 2.38. The first-order valence-electron chi connectivity index (χ1n) is 9.36. The maximum absolute atomic E-state index is 11.7. The molecule has 30 heavy (non-hydrogen) atoms. The highest BCUT2D eigenvalue weighted by molar-refractivity contribution is 8.07. The molecule has 0 aromatic heterocycles. The summed E-state index contributed by atoms with van der Waals surface area (Å²) in [5.74, 6) is 0.512. The van der Waals surface area contributed by atoms with Gasteiger partial charge in [-0.15, -0.1) is 0 Å². The first-order valence-corrected chi connectivity index (χ1v) is 12.3. The van der Waals surface area contributed by atoms with E-state index in [0.29, 0.717) is 29.7 Å². The first-order chi connectivity index (χ1) is 14.4. The van der Waals surface area contributed by atoms with Crippen molar-refractivity contribution in [3.63, 3.8) is 0 Å². The molecule has 7 nitrogen and oxygen atoms in total. The molecule has 0 unspecified atom stereocenters. The van der Waals surface area contributed by atoms with Crippen molar-refractivity contribution in [1.29, 1.82) is 0 Å². The van der Waals surface area contributed by atoms with Gasteiger partial charge in [0.25, 0.3) is 0 Å². The molecular weight excluding hydrogens is 447 g/mol. The number of nitrogens with zero attached hydrogens (tertiary/aromatic N) is 1.